The number of rotatable bonds is 9. The lowest BCUT2D eigenvalue weighted by Crippen LogP contribution is -2.47. The van der Waals surface area contributed by atoms with E-state index in [0.29, 0.717) is 18.0 Å². The predicted octanol–water partition coefficient (Wildman–Crippen LogP) is 2.09. The van der Waals surface area contributed by atoms with Crippen molar-refractivity contribution < 1.29 is 13.2 Å². The van der Waals surface area contributed by atoms with Crippen LogP contribution in [0, 0.1) is 0 Å². The Bertz CT molecular complexity index is 536. The second-order valence-corrected chi connectivity index (χ2v) is 7.93. The molecule has 21 heavy (non-hydrogen) atoms. The number of hydrogen-bond donors (Lipinski definition) is 2. The Morgan fingerprint density at radius 1 is 1.38 bits per heavy atom. The zero-order valence-corrected chi connectivity index (χ0v) is 14.2. The molecule has 7 heteroatoms. The Morgan fingerprint density at radius 2 is 2.14 bits per heavy atom. The Kier molecular flexibility index (Phi) is 6.19. The number of sulfonamides is 1. The summed E-state index contributed by atoms with van der Waals surface area (Å²) in [5.74, 6) is 0. The van der Waals surface area contributed by atoms with Crippen LogP contribution < -0.4 is 10.0 Å². The van der Waals surface area contributed by atoms with Crippen LogP contribution in [-0.4, -0.2) is 33.7 Å². The lowest BCUT2D eigenvalue weighted by atomic mass is 9.90. The largest absolute Gasteiger partial charge is 0.378 e. The molecule has 0 radical (unpaired) electrons. The Labute approximate surface area is 131 Å². The molecule has 0 atom stereocenters. The van der Waals surface area contributed by atoms with Gasteiger partial charge in [-0.25, -0.2) is 13.1 Å². The van der Waals surface area contributed by atoms with Crippen molar-refractivity contribution in [1.29, 1.82) is 0 Å². The van der Waals surface area contributed by atoms with E-state index in [2.05, 4.69) is 17.0 Å². The van der Waals surface area contributed by atoms with Gasteiger partial charge in [0.05, 0.1) is 11.0 Å². The van der Waals surface area contributed by atoms with Gasteiger partial charge in [0, 0.05) is 24.1 Å². The summed E-state index contributed by atoms with van der Waals surface area (Å²) in [7, 11) is -3.42. The highest BCUT2D eigenvalue weighted by Gasteiger charge is 2.33. The first-order valence-corrected chi connectivity index (χ1v) is 9.84. The summed E-state index contributed by atoms with van der Waals surface area (Å²) in [6.45, 7) is 6.23. The highest BCUT2D eigenvalue weighted by molar-refractivity contribution is 7.89. The molecule has 1 aliphatic rings. The van der Waals surface area contributed by atoms with E-state index < -0.39 is 10.0 Å². The van der Waals surface area contributed by atoms with Crippen molar-refractivity contribution >= 4 is 21.4 Å². The minimum Gasteiger partial charge on any atom is -0.378 e. The summed E-state index contributed by atoms with van der Waals surface area (Å²) in [4.78, 5) is 1.28. The van der Waals surface area contributed by atoms with Crippen molar-refractivity contribution in [3.05, 3.63) is 16.3 Å². The van der Waals surface area contributed by atoms with E-state index in [1.165, 1.54) is 11.3 Å². The van der Waals surface area contributed by atoms with Crippen molar-refractivity contribution in [2.24, 2.45) is 0 Å². The van der Waals surface area contributed by atoms with Crippen LogP contribution >= 0.6 is 11.3 Å². The van der Waals surface area contributed by atoms with Gasteiger partial charge in [0.2, 0.25) is 10.0 Å². The second-order valence-electron chi connectivity index (χ2n) is 5.25. The third kappa shape index (κ3) is 4.50. The average molecular weight is 332 g/mol. The third-order valence-corrected chi connectivity index (χ3v) is 6.18. The van der Waals surface area contributed by atoms with Crippen LogP contribution in [0.3, 0.4) is 0 Å². The SMILES string of the molecule is CCCNCc1sccc1S(=O)(=O)NC1CC(OCC)C1. The Hall–Kier alpha value is -0.470. The van der Waals surface area contributed by atoms with E-state index in [1.807, 2.05) is 12.3 Å². The minimum atomic E-state index is -3.42. The maximum absolute atomic E-state index is 12.4. The van der Waals surface area contributed by atoms with Crippen molar-refractivity contribution in [3.8, 4) is 0 Å². The fraction of sp³-hybridized carbons (Fsp3) is 0.714. The van der Waals surface area contributed by atoms with Gasteiger partial charge in [0.15, 0.2) is 0 Å². The van der Waals surface area contributed by atoms with E-state index in [-0.39, 0.29) is 12.1 Å². The number of nitrogens with one attached hydrogen (secondary N) is 2. The summed E-state index contributed by atoms with van der Waals surface area (Å²) in [6.07, 6.45) is 2.77. The smallest absolute Gasteiger partial charge is 0.241 e. The number of thiophene rings is 1. The van der Waals surface area contributed by atoms with E-state index in [0.717, 1.165) is 30.7 Å². The normalized spacial score (nSPS) is 22.2. The van der Waals surface area contributed by atoms with E-state index in [1.54, 1.807) is 6.07 Å². The molecule has 5 nitrogen and oxygen atoms in total. The summed E-state index contributed by atoms with van der Waals surface area (Å²) in [5, 5.41) is 5.09. The van der Waals surface area contributed by atoms with Crippen LogP contribution in [0.5, 0.6) is 0 Å². The lowest BCUT2D eigenvalue weighted by molar-refractivity contribution is -0.00475. The van der Waals surface area contributed by atoms with Crippen LogP contribution in [0.4, 0.5) is 0 Å². The molecule has 0 unspecified atom stereocenters. The molecule has 1 fully saturated rings. The van der Waals surface area contributed by atoms with Gasteiger partial charge >= 0.3 is 0 Å². The summed E-state index contributed by atoms with van der Waals surface area (Å²) in [6, 6.07) is 1.69. The van der Waals surface area contributed by atoms with Gasteiger partial charge in [0.1, 0.15) is 0 Å². The molecule has 1 heterocycles. The Morgan fingerprint density at radius 3 is 2.81 bits per heavy atom. The lowest BCUT2D eigenvalue weighted by Gasteiger charge is -2.35. The van der Waals surface area contributed by atoms with Gasteiger partial charge < -0.3 is 10.1 Å². The fourth-order valence-corrected chi connectivity index (χ4v) is 5.07. The van der Waals surface area contributed by atoms with Gasteiger partial charge in [-0.1, -0.05) is 6.92 Å². The molecule has 1 aliphatic carbocycles. The molecule has 2 rings (SSSR count). The van der Waals surface area contributed by atoms with Crippen LogP contribution in [0.25, 0.3) is 0 Å². The molecule has 1 aromatic rings. The molecule has 0 amide bonds. The first-order valence-electron chi connectivity index (χ1n) is 7.47. The zero-order valence-electron chi connectivity index (χ0n) is 12.6. The predicted molar refractivity (Wildman–Crippen MR) is 85.1 cm³/mol. The van der Waals surface area contributed by atoms with Crippen molar-refractivity contribution in [2.45, 2.75) is 56.7 Å². The molecule has 0 saturated heterocycles. The molecule has 0 bridgehead atoms. The van der Waals surface area contributed by atoms with Crippen molar-refractivity contribution in [3.63, 3.8) is 0 Å². The zero-order chi connectivity index (χ0) is 15.3. The van der Waals surface area contributed by atoms with Gasteiger partial charge in [-0.15, -0.1) is 11.3 Å². The van der Waals surface area contributed by atoms with Gasteiger partial charge in [-0.3, -0.25) is 0 Å². The highest BCUT2D eigenvalue weighted by atomic mass is 32.2. The average Bonchev–Trinajstić information content (AvgIpc) is 2.86. The number of ether oxygens (including phenoxy) is 1. The van der Waals surface area contributed by atoms with E-state index >= 15 is 0 Å². The highest BCUT2D eigenvalue weighted by Crippen LogP contribution is 2.27. The molecular formula is C14H24N2O3S2. The number of hydrogen-bond acceptors (Lipinski definition) is 5. The maximum Gasteiger partial charge on any atom is 0.241 e. The van der Waals surface area contributed by atoms with Gasteiger partial charge in [0.25, 0.3) is 0 Å². The first kappa shape index (κ1) is 16.9. The van der Waals surface area contributed by atoms with Crippen molar-refractivity contribution in [1.82, 2.24) is 10.0 Å². The van der Waals surface area contributed by atoms with Gasteiger partial charge in [-0.05, 0) is 44.2 Å². The van der Waals surface area contributed by atoms with E-state index in [9.17, 15) is 8.42 Å². The Balaban J connectivity index is 1.92. The van der Waals surface area contributed by atoms with Crippen LogP contribution in [-0.2, 0) is 21.3 Å². The minimum absolute atomic E-state index is 0.00269. The van der Waals surface area contributed by atoms with Crippen LogP contribution in [0.2, 0.25) is 0 Å². The molecule has 0 aliphatic heterocycles. The molecule has 1 aromatic heterocycles. The molecule has 0 spiro atoms. The molecule has 0 aromatic carbocycles. The topological polar surface area (TPSA) is 67.4 Å². The fourth-order valence-electron chi connectivity index (χ4n) is 2.39. The van der Waals surface area contributed by atoms with Crippen molar-refractivity contribution in [2.75, 3.05) is 13.2 Å². The molecule has 1 saturated carbocycles. The summed E-state index contributed by atoms with van der Waals surface area (Å²) < 4.78 is 33.1. The van der Waals surface area contributed by atoms with Crippen LogP contribution in [0.1, 0.15) is 38.0 Å². The quantitative estimate of drug-likeness (QED) is 0.680. The monoisotopic (exact) mass is 332 g/mol. The van der Waals surface area contributed by atoms with Crippen LogP contribution in [0.15, 0.2) is 16.3 Å². The molecule has 120 valence electrons. The first-order chi connectivity index (χ1) is 10.1. The summed E-state index contributed by atoms with van der Waals surface area (Å²) >= 11 is 1.48. The maximum atomic E-state index is 12.4. The standard InChI is InChI=1S/C14H24N2O3S2/c1-3-6-15-10-13-14(5-7-20-13)21(17,18)16-11-8-12(9-11)19-4-2/h5,7,11-12,15-16H,3-4,6,8-10H2,1-2H3. The second kappa shape index (κ2) is 7.69. The summed E-state index contributed by atoms with van der Waals surface area (Å²) in [5.41, 5.74) is 0. The third-order valence-electron chi connectivity index (χ3n) is 3.53. The molecule has 2 N–H and O–H groups in total. The van der Waals surface area contributed by atoms with Gasteiger partial charge in [-0.2, -0.15) is 0 Å². The molecular weight excluding hydrogens is 308 g/mol. The van der Waals surface area contributed by atoms with E-state index in [4.69, 9.17) is 4.74 Å².